The Hall–Kier alpha value is -2.66. The van der Waals surface area contributed by atoms with Crippen molar-refractivity contribution in [3.63, 3.8) is 0 Å². The summed E-state index contributed by atoms with van der Waals surface area (Å²) in [4.78, 5) is 26.1. The van der Waals surface area contributed by atoms with Gasteiger partial charge in [0.1, 0.15) is 0 Å². The van der Waals surface area contributed by atoms with Crippen molar-refractivity contribution in [3.05, 3.63) is 59.7 Å². The lowest BCUT2D eigenvalue weighted by atomic mass is 9.98. The topological polar surface area (TPSA) is 61.4 Å². The standard InChI is InChI=1S/C22H25N3O2/c26-21-2-1-13-25(21)20-9-7-19(8-10-20)24-22(27)18-5-3-16(4-6-18)14-17-11-12-23-15-17/h3-10,17,23H,1-2,11-15H2,(H,24,27). The van der Waals surface area contributed by atoms with Gasteiger partial charge >= 0.3 is 0 Å². The number of anilines is 2. The van der Waals surface area contributed by atoms with Crippen LogP contribution in [0.3, 0.4) is 0 Å². The molecule has 2 heterocycles. The van der Waals surface area contributed by atoms with E-state index in [1.807, 2.05) is 36.4 Å². The Bertz CT molecular complexity index is 808. The zero-order valence-electron chi connectivity index (χ0n) is 15.4. The molecule has 2 amide bonds. The van der Waals surface area contributed by atoms with Crippen molar-refractivity contribution >= 4 is 23.2 Å². The molecule has 0 aromatic heterocycles. The molecule has 2 aromatic carbocycles. The molecular formula is C22H25N3O2. The molecule has 140 valence electrons. The molecule has 2 saturated heterocycles. The lowest BCUT2D eigenvalue weighted by molar-refractivity contribution is -0.117. The molecule has 0 saturated carbocycles. The predicted molar refractivity (Wildman–Crippen MR) is 107 cm³/mol. The number of nitrogens with zero attached hydrogens (tertiary/aromatic N) is 1. The second kappa shape index (κ2) is 7.92. The van der Waals surface area contributed by atoms with E-state index in [9.17, 15) is 9.59 Å². The maximum Gasteiger partial charge on any atom is 0.255 e. The first kappa shape index (κ1) is 17.7. The number of carbonyl (C=O) groups excluding carboxylic acids is 2. The van der Waals surface area contributed by atoms with Crippen molar-refractivity contribution in [1.82, 2.24) is 5.32 Å². The predicted octanol–water partition coefficient (Wildman–Crippen LogP) is 3.22. The summed E-state index contributed by atoms with van der Waals surface area (Å²) in [6.07, 6.45) is 3.81. The molecule has 1 unspecified atom stereocenters. The number of carbonyl (C=O) groups is 2. The molecular weight excluding hydrogens is 338 g/mol. The van der Waals surface area contributed by atoms with Crippen LogP contribution >= 0.6 is 0 Å². The molecule has 5 heteroatoms. The van der Waals surface area contributed by atoms with Crippen LogP contribution in [0.1, 0.15) is 35.2 Å². The minimum absolute atomic E-state index is 0.117. The Balaban J connectivity index is 1.36. The summed E-state index contributed by atoms with van der Waals surface area (Å²) in [6.45, 7) is 2.96. The van der Waals surface area contributed by atoms with Gasteiger partial charge in [0.2, 0.25) is 5.91 Å². The average molecular weight is 363 g/mol. The van der Waals surface area contributed by atoms with Crippen LogP contribution in [-0.2, 0) is 11.2 Å². The molecule has 1 atom stereocenters. The van der Waals surface area contributed by atoms with E-state index in [-0.39, 0.29) is 11.8 Å². The van der Waals surface area contributed by atoms with Crippen LogP contribution in [0.2, 0.25) is 0 Å². The third kappa shape index (κ3) is 4.19. The van der Waals surface area contributed by atoms with E-state index in [0.29, 0.717) is 17.9 Å². The van der Waals surface area contributed by atoms with Gasteiger partial charge in [0.05, 0.1) is 0 Å². The van der Waals surface area contributed by atoms with Gasteiger partial charge in [-0.1, -0.05) is 12.1 Å². The highest BCUT2D eigenvalue weighted by atomic mass is 16.2. The Morgan fingerprint density at radius 1 is 1.11 bits per heavy atom. The van der Waals surface area contributed by atoms with E-state index in [1.54, 1.807) is 4.90 Å². The Labute approximate surface area is 159 Å². The van der Waals surface area contributed by atoms with E-state index in [4.69, 9.17) is 0 Å². The molecule has 2 N–H and O–H groups in total. The zero-order valence-corrected chi connectivity index (χ0v) is 15.4. The van der Waals surface area contributed by atoms with Crippen LogP contribution in [0.25, 0.3) is 0 Å². The Morgan fingerprint density at radius 2 is 1.89 bits per heavy atom. The summed E-state index contributed by atoms with van der Waals surface area (Å²) in [6, 6.07) is 15.4. The molecule has 0 spiro atoms. The summed E-state index contributed by atoms with van der Waals surface area (Å²) in [5.41, 5.74) is 3.56. The third-order valence-corrected chi connectivity index (χ3v) is 5.41. The van der Waals surface area contributed by atoms with E-state index in [1.165, 1.54) is 12.0 Å². The van der Waals surface area contributed by atoms with Crippen LogP contribution < -0.4 is 15.5 Å². The van der Waals surface area contributed by atoms with Crippen molar-refractivity contribution in [2.75, 3.05) is 29.9 Å². The van der Waals surface area contributed by atoms with Crippen LogP contribution in [0.5, 0.6) is 0 Å². The Kier molecular flexibility index (Phi) is 5.21. The summed E-state index contributed by atoms with van der Waals surface area (Å²) < 4.78 is 0. The largest absolute Gasteiger partial charge is 0.322 e. The van der Waals surface area contributed by atoms with Gasteiger partial charge in [-0.3, -0.25) is 9.59 Å². The first-order valence-electron chi connectivity index (χ1n) is 9.70. The number of amides is 2. The van der Waals surface area contributed by atoms with Gasteiger partial charge in [0.15, 0.2) is 0 Å². The van der Waals surface area contributed by atoms with Gasteiger partial charge in [-0.05, 0) is 80.2 Å². The van der Waals surface area contributed by atoms with Crippen molar-refractivity contribution < 1.29 is 9.59 Å². The highest BCUT2D eigenvalue weighted by Gasteiger charge is 2.21. The number of rotatable bonds is 5. The van der Waals surface area contributed by atoms with E-state index >= 15 is 0 Å². The summed E-state index contributed by atoms with van der Waals surface area (Å²) >= 11 is 0. The second-order valence-electron chi connectivity index (χ2n) is 7.41. The molecule has 4 rings (SSSR count). The van der Waals surface area contributed by atoms with Crippen molar-refractivity contribution in [2.45, 2.75) is 25.7 Å². The van der Waals surface area contributed by atoms with Gasteiger partial charge < -0.3 is 15.5 Å². The number of benzene rings is 2. The van der Waals surface area contributed by atoms with E-state index in [2.05, 4.69) is 22.8 Å². The van der Waals surface area contributed by atoms with Crippen molar-refractivity contribution in [2.24, 2.45) is 5.92 Å². The SMILES string of the molecule is O=C(Nc1ccc(N2CCCC2=O)cc1)c1ccc(CC2CCNC2)cc1. The first-order valence-corrected chi connectivity index (χ1v) is 9.70. The number of hydrogen-bond acceptors (Lipinski definition) is 3. The first-order chi connectivity index (χ1) is 13.2. The molecule has 0 radical (unpaired) electrons. The molecule has 2 aromatic rings. The summed E-state index contributed by atoms with van der Waals surface area (Å²) in [5.74, 6) is 0.750. The summed E-state index contributed by atoms with van der Waals surface area (Å²) in [5, 5.41) is 6.32. The molecule has 2 aliphatic heterocycles. The molecule has 5 nitrogen and oxygen atoms in total. The zero-order chi connectivity index (χ0) is 18.6. The van der Waals surface area contributed by atoms with Gasteiger partial charge in [0, 0.05) is 29.9 Å². The summed E-state index contributed by atoms with van der Waals surface area (Å²) in [7, 11) is 0. The highest BCUT2D eigenvalue weighted by molar-refractivity contribution is 6.04. The normalized spacial score (nSPS) is 19.5. The lowest BCUT2D eigenvalue weighted by Gasteiger charge is -2.16. The van der Waals surface area contributed by atoms with Crippen LogP contribution in [0, 0.1) is 5.92 Å². The Morgan fingerprint density at radius 3 is 2.52 bits per heavy atom. The molecule has 0 aliphatic carbocycles. The smallest absolute Gasteiger partial charge is 0.255 e. The van der Waals surface area contributed by atoms with Gasteiger partial charge in [0.25, 0.3) is 5.91 Å². The molecule has 2 aliphatic rings. The molecule has 27 heavy (non-hydrogen) atoms. The fourth-order valence-corrected chi connectivity index (χ4v) is 3.86. The third-order valence-electron chi connectivity index (χ3n) is 5.41. The van der Waals surface area contributed by atoms with Gasteiger partial charge in [-0.15, -0.1) is 0 Å². The fraction of sp³-hybridized carbons (Fsp3) is 0.364. The second-order valence-corrected chi connectivity index (χ2v) is 7.41. The van der Waals surface area contributed by atoms with Crippen molar-refractivity contribution in [3.8, 4) is 0 Å². The fourth-order valence-electron chi connectivity index (χ4n) is 3.86. The van der Waals surface area contributed by atoms with Gasteiger partial charge in [-0.25, -0.2) is 0 Å². The maximum atomic E-state index is 12.5. The lowest BCUT2D eigenvalue weighted by Crippen LogP contribution is -2.23. The molecule has 0 bridgehead atoms. The minimum Gasteiger partial charge on any atom is -0.322 e. The number of nitrogens with one attached hydrogen (secondary N) is 2. The van der Waals surface area contributed by atoms with Crippen molar-refractivity contribution in [1.29, 1.82) is 0 Å². The average Bonchev–Trinajstić information content (AvgIpc) is 3.35. The minimum atomic E-state index is -0.117. The monoisotopic (exact) mass is 363 g/mol. The van der Waals surface area contributed by atoms with Gasteiger partial charge in [-0.2, -0.15) is 0 Å². The molecule has 2 fully saturated rings. The van der Waals surface area contributed by atoms with E-state index < -0.39 is 0 Å². The van der Waals surface area contributed by atoms with Crippen LogP contribution in [0.4, 0.5) is 11.4 Å². The van der Waals surface area contributed by atoms with Crippen LogP contribution in [0.15, 0.2) is 48.5 Å². The number of hydrogen-bond donors (Lipinski definition) is 2. The quantitative estimate of drug-likeness (QED) is 0.857. The van der Waals surface area contributed by atoms with Crippen LogP contribution in [-0.4, -0.2) is 31.4 Å². The van der Waals surface area contributed by atoms with E-state index in [0.717, 1.165) is 43.9 Å². The highest BCUT2D eigenvalue weighted by Crippen LogP contribution is 2.23. The maximum absolute atomic E-state index is 12.5.